The quantitative estimate of drug-likeness (QED) is 0.562. The average Bonchev–Trinajstić information content (AvgIpc) is 3.34. The summed E-state index contributed by atoms with van der Waals surface area (Å²) in [6, 6.07) is 17.9. The Labute approximate surface area is 159 Å². The molecule has 4 nitrogen and oxygen atoms in total. The summed E-state index contributed by atoms with van der Waals surface area (Å²) in [5.41, 5.74) is 5.37. The summed E-state index contributed by atoms with van der Waals surface area (Å²) in [5, 5.41) is 10.0. The summed E-state index contributed by atoms with van der Waals surface area (Å²) >= 11 is 0. The Morgan fingerprint density at radius 2 is 1.96 bits per heavy atom. The van der Waals surface area contributed by atoms with E-state index in [4.69, 9.17) is 0 Å². The van der Waals surface area contributed by atoms with Crippen LogP contribution in [0.5, 0.6) is 0 Å². The third kappa shape index (κ3) is 2.94. The van der Waals surface area contributed by atoms with E-state index in [9.17, 15) is 0 Å². The van der Waals surface area contributed by atoms with E-state index in [1.807, 2.05) is 6.20 Å². The minimum Gasteiger partial charge on any atom is -0.341 e. The summed E-state index contributed by atoms with van der Waals surface area (Å²) in [6.07, 6.45) is 4.37. The first-order valence-corrected chi connectivity index (χ1v) is 10.0. The SMILES string of the molecule is CCn1c2ccccc2c2cc(CN3CCCC(c4ccn[nH]4)C3)ccc21. The number of likely N-dealkylation sites (tertiary alicyclic amines) is 1. The summed E-state index contributed by atoms with van der Waals surface area (Å²) in [7, 11) is 0. The monoisotopic (exact) mass is 358 g/mol. The number of rotatable bonds is 4. The van der Waals surface area contributed by atoms with Gasteiger partial charge in [-0.05, 0) is 56.1 Å². The fourth-order valence-electron chi connectivity index (χ4n) is 4.75. The van der Waals surface area contributed by atoms with Gasteiger partial charge in [0.05, 0.1) is 0 Å². The highest BCUT2D eigenvalue weighted by atomic mass is 15.1. The van der Waals surface area contributed by atoms with E-state index in [1.54, 1.807) is 0 Å². The molecule has 2 aromatic heterocycles. The number of hydrogen-bond donors (Lipinski definition) is 1. The molecule has 1 N–H and O–H groups in total. The molecule has 0 spiro atoms. The van der Waals surface area contributed by atoms with Crippen molar-refractivity contribution in [2.75, 3.05) is 13.1 Å². The van der Waals surface area contributed by atoms with E-state index in [2.05, 4.69) is 75.1 Å². The number of nitrogens with zero attached hydrogens (tertiary/aromatic N) is 3. The normalized spacial score (nSPS) is 18.5. The second-order valence-corrected chi connectivity index (χ2v) is 7.70. The van der Waals surface area contributed by atoms with Gasteiger partial charge in [0.15, 0.2) is 0 Å². The van der Waals surface area contributed by atoms with E-state index in [0.717, 1.165) is 19.6 Å². The molecule has 0 saturated carbocycles. The van der Waals surface area contributed by atoms with Crippen molar-refractivity contribution in [3.63, 3.8) is 0 Å². The molecule has 1 atom stereocenters. The second kappa shape index (κ2) is 6.86. The number of nitrogens with one attached hydrogen (secondary N) is 1. The van der Waals surface area contributed by atoms with Gasteiger partial charge in [0, 0.05) is 59.2 Å². The minimum absolute atomic E-state index is 0.576. The van der Waals surface area contributed by atoms with Gasteiger partial charge in [-0.2, -0.15) is 5.10 Å². The number of benzene rings is 2. The molecule has 5 rings (SSSR count). The predicted molar refractivity (Wildman–Crippen MR) is 111 cm³/mol. The third-order valence-corrected chi connectivity index (χ3v) is 6.03. The van der Waals surface area contributed by atoms with Gasteiger partial charge in [0.2, 0.25) is 0 Å². The molecule has 4 heteroatoms. The second-order valence-electron chi connectivity index (χ2n) is 7.70. The van der Waals surface area contributed by atoms with E-state index < -0.39 is 0 Å². The van der Waals surface area contributed by atoms with Crippen LogP contribution >= 0.6 is 0 Å². The lowest BCUT2D eigenvalue weighted by Crippen LogP contribution is -2.34. The fraction of sp³-hybridized carbons (Fsp3) is 0.348. The number of piperidine rings is 1. The Hall–Kier alpha value is -2.59. The van der Waals surface area contributed by atoms with Gasteiger partial charge >= 0.3 is 0 Å². The van der Waals surface area contributed by atoms with Crippen molar-refractivity contribution in [1.82, 2.24) is 19.7 Å². The molecule has 0 bridgehead atoms. The highest BCUT2D eigenvalue weighted by Crippen LogP contribution is 2.31. The Morgan fingerprint density at radius 1 is 1.07 bits per heavy atom. The van der Waals surface area contributed by atoms with Crippen LogP contribution in [0.3, 0.4) is 0 Å². The van der Waals surface area contributed by atoms with Crippen molar-refractivity contribution in [2.45, 2.75) is 38.8 Å². The minimum atomic E-state index is 0.576. The van der Waals surface area contributed by atoms with Gasteiger partial charge in [-0.3, -0.25) is 10.00 Å². The molecule has 1 saturated heterocycles. The number of H-pyrrole nitrogens is 1. The summed E-state index contributed by atoms with van der Waals surface area (Å²) in [5.74, 6) is 0.576. The number of aromatic nitrogens is 3. The Bertz CT molecular complexity index is 1060. The van der Waals surface area contributed by atoms with Crippen molar-refractivity contribution in [2.24, 2.45) is 0 Å². The maximum atomic E-state index is 4.13. The lowest BCUT2D eigenvalue weighted by molar-refractivity contribution is 0.198. The van der Waals surface area contributed by atoms with Crippen molar-refractivity contribution >= 4 is 21.8 Å². The van der Waals surface area contributed by atoms with Gasteiger partial charge in [0.1, 0.15) is 0 Å². The summed E-state index contributed by atoms with van der Waals surface area (Å²) in [4.78, 5) is 2.59. The Kier molecular flexibility index (Phi) is 4.21. The van der Waals surface area contributed by atoms with Crippen LogP contribution in [0.2, 0.25) is 0 Å². The molecule has 1 aliphatic rings. The van der Waals surface area contributed by atoms with Gasteiger partial charge in [-0.1, -0.05) is 24.3 Å². The zero-order chi connectivity index (χ0) is 18.2. The summed E-state index contributed by atoms with van der Waals surface area (Å²) in [6.45, 7) is 6.53. The zero-order valence-corrected chi connectivity index (χ0v) is 15.9. The van der Waals surface area contributed by atoms with Crippen LogP contribution in [0, 0.1) is 0 Å². The number of fused-ring (bicyclic) bond motifs is 3. The third-order valence-electron chi connectivity index (χ3n) is 6.03. The zero-order valence-electron chi connectivity index (χ0n) is 15.9. The Morgan fingerprint density at radius 3 is 2.81 bits per heavy atom. The largest absolute Gasteiger partial charge is 0.341 e. The van der Waals surface area contributed by atoms with Crippen LogP contribution in [0.15, 0.2) is 54.7 Å². The molecule has 0 radical (unpaired) electrons. The number of aryl methyl sites for hydroxylation is 1. The number of hydrogen-bond acceptors (Lipinski definition) is 2. The van der Waals surface area contributed by atoms with Crippen LogP contribution < -0.4 is 0 Å². The molecule has 1 unspecified atom stereocenters. The van der Waals surface area contributed by atoms with Gasteiger partial charge in [-0.15, -0.1) is 0 Å². The first kappa shape index (κ1) is 16.6. The molecular weight excluding hydrogens is 332 g/mol. The molecular formula is C23H26N4. The van der Waals surface area contributed by atoms with Crippen molar-refractivity contribution in [3.8, 4) is 0 Å². The lowest BCUT2D eigenvalue weighted by Gasteiger charge is -2.32. The van der Waals surface area contributed by atoms with Crippen molar-refractivity contribution in [1.29, 1.82) is 0 Å². The molecule has 1 fully saturated rings. The molecule has 0 amide bonds. The van der Waals surface area contributed by atoms with Gasteiger partial charge < -0.3 is 4.57 Å². The average molecular weight is 358 g/mol. The van der Waals surface area contributed by atoms with Crippen LogP contribution in [-0.2, 0) is 13.1 Å². The smallest absolute Gasteiger partial charge is 0.0491 e. The molecule has 0 aliphatic carbocycles. The van der Waals surface area contributed by atoms with Crippen LogP contribution in [0.1, 0.15) is 36.9 Å². The molecule has 4 aromatic rings. The van der Waals surface area contributed by atoms with Crippen LogP contribution in [0.4, 0.5) is 0 Å². The number of aromatic amines is 1. The molecule has 2 aromatic carbocycles. The number of para-hydroxylation sites is 1. The molecule has 138 valence electrons. The van der Waals surface area contributed by atoms with E-state index in [0.29, 0.717) is 5.92 Å². The summed E-state index contributed by atoms with van der Waals surface area (Å²) < 4.78 is 2.42. The topological polar surface area (TPSA) is 36.9 Å². The first-order valence-electron chi connectivity index (χ1n) is 10.0. The standard InChI is InChI=1S/C23H26N4/c1-2-27-22-8-4-3-7-19(22)20-14-17(9-10-23(20)27)15-26-13-5-6-18(16-26)21-11-12-24-25-21/h3-4,7-12,14,18H,2,5-6,13,15-16H2,1H3,(H,24,25). The first-order chi connectivity index (χ1) is 13.3. The molecule has 1 aliphatic heterocycles. The van der Waals surface area contributed by atoms with Crippen molar-refractivity contribution < 1.29 is 0 Å². The lowest BCUT2D eigenvalue weighted by atomic mass is 9.94. The van der Waals surface area contributed by atoms with Crippen LogP contribution in [-0.4, -0.2) is 32.8 Å². The fourth-order valence-corrected chi connectivity index (χ4v) is 4.75. The van der Waals surface area contributed by atoms with Gasteiger partial charge in [0.25, 0.3) is 0 Å². The Balaban J connectivity index is 1.44. The molecule has 3 heterocycles. The van der Waals surface area contributed by atoms with Crippen LogP contribution in [0.25, 0.3) is 21.8 Å². The molecule has 27 heavy (non-hydrogen) atoms. The van der Waals surface area contributed by atoms with E-state index >= 15 is 0 Å². The van der Waals surface area contributed by atoms with Crippen molar-refractivity contribution in [3.05, 3.63) is 66.0 Å². The van der Waals surface area contributed by atoms with E-state index in [1.165, 1.54) is 52.4 Å². The maximum Gasteiger partial charge on any atom is 0.0491 e. The predicted octanol–water partition coefficient (Wildman–Crippen LogP) is 4.92. The maximum absolute atomic E-state index is 4.13. The van der Waals surface area contributed by atoms with Gasteiger partial charge in [-0.25, -0.2) is 0 Å². The van der Waals surface area contributed by atoms with E-state index in [-0.39, 0.29) is 0 Å². The highest BCUT2D eigenvalue weighted by molar-refractivity contribution is 6.08. The highest BCUT2D eigenvalue weighted by Gasteiger charge is 2.22.